The summed E-state index contributed by atoms with van der Waals surface area (Å²) >= 11 is 0. The van der Waals surface area contributed by atoms with Crippen LogP contribution in [-0.2, 0) is 0 Å². The molecule has 1 saturated heterocycles. The van der Waals surface area contributed by atoms with Gasteiger partial charge < -0.3 is 20.3 Å². The van der Waals surface area contributed by atoms with Crippen molar-refractivity contribution in [3.8, 4) is 11.4 Å². The maximum absolute atomic E-state index is 13.6. The molecule has 0 radical (unpaired) electrons. The van der Waals surface area contributed by atoms with Crippen LogP contribution in [0.25, 0.3) is 17.0 Å². The van der Waals surface area contributed by atoms with Gasteiger partial charge in [0.1, 0.15) is 17.2 Å². The molecule has 2 atom stereocenters. The Morgan fingerprint density at radius 1 is 1.35 bits per heavy atom. The minimum atomic E-state index is -0.463. The zero-order valence-electron chi connectivity index (χ0n) is 16.5. The lowest BCUT2D eigenvalue weighted by molar-refractivity contribution is 0.102. The van der Waals surface area contributed by atoms with Gasteiger partial charge in [0.25, 0.3) is 5.91 Å². The number of nitrogens with zero attached hydrogens (tertiary/aromatic N) is 4. The number of amides is 1. The molecule has 0 bridgehead atoms. The summed E-state index contributed by atoms with van der Waals surface area (Å²) in [6, 6.07) is 8.04. The quantitative estimate of drug-likeness (QED) is 0.462. The SMILES string of the molecule is Cc1ccc(-c2noc([C@H]3C[C@@H](O)CN3)n2)cc1NC(=O)c1cnc2ccc(F)cn12. The number of pyridine rings is 1. The Morgan fingerprint density at radius 2 is 2.23 bits per heavy atom. The van der Waals surface area contributed by atoms with Crippen LogP contribution in [0, 0.1) is 12.7 Å². The Bertz CT molecular complexity index is 1280. The van der Waals surface area contributed by atoms with Crippen LogP contribution in [0.1, 0.15) is 34.4 Å². The number of aryl methyl sites for hydroxylation is 1. The summed E-state index contributed by atoms with van der Waals surface area (Å²) in [6.07, 6.45) is 2.69. The molecule has 1 aromatic carbocycles. The van der Waals surface area contributed by atoms with Crippen molar-refractivity contribution in [2.45, 2.75) is 25.5 Å². The Morgan fingerprint density at radius 3 is 3.03 bits per heavy atom. The number of aliphatic hydroxyl groups excluding tert-OH is 1. The lowest BCUT2D eigenvalue weighted by Gasteiger charge is -2.09. The molecule has 1 fully saturated rings. The summed E-state index contributed by atoms with van der Waals surface area (Å²) in [5.74, 6) is -0.0952. The van der Waals surface area contributed by atoms with Crippen molar-refractivity contribution in [3.05, 3.63) is 65.7 Å². The highest BCUT2D eigenvalue weighted by Crippen LogP contribution is 2.27. The summed E-state index contributed by atoms with van der Waals surface area (Å²) in [5, 5.41) is 19.7. The molecule has 9 nitrogen and oxygen atoms in total. The Hall–Kier alpha value is -3.63. The van der Waals surface area contributed by atoms with Crippen molar-refractivity contribution < 1.29 is 18.8 Å². The second-order valence-electron chi connectivity index (χ2n) is 7.51. The molecule has 5 rings (SSSR count). The number of fused-ring (bicyclic) bond motifs is 1. The molecule has 158 valence electrons. The number of aliphatic hydroxyl groups is 1. The van der Waals surface area contributed by atoms with Gasteiger partial charge >= 0.3 is 0 Å². The number of hydrogen-bond donors (Lipinski definition) is 3. The van der Waals surface area contributed by atoms with Crippen molar-refractivity contribution in [2.75, 3.05) is 11.9 Å². The minimum Gasteiger partial charge on any atom is -0.392 e. The van der Waals surface area contributed by atoms with Crippen LogP contribution in [0.2, 0.25) is 0 Å². The van der Waals surface area contributed by atoms with Crippen molar-refractivity contribution in [2.24, 2.45) is 0 Å². The average molecular weight is 422 g/mol. The summed E-state index contributed by atoms with van der Waals surface area (Å²) in [4.78, 5) is 21.4. The highest BCUT2D eigenvalue weighted by Gasteiger charge is 2.28. The average Bonchev–Trinajstić information content (AvgIpc) is 3.48. The molecule has 3 aromatic heterocycles. The Balaban J connectivity index is 1.40. The number of β-amino-alcohol motifs (C(OH)–C–C–N with tert-alkyl or cyclic N) is 1. The number of benzene rings is 1. The highest BCUT2D eigenvalue weighted by molar-refractivity contribution is 6.04. The third kappa shape index (κ3) is 3.66. The topological polar surface area (TPSA) is 118 Å². The zero-order valence-corrected chi connectivity index (χ0v) is 16.5. The smallest absolute Gasteiger partial charge is 0.274 e. The molecule has 0 aliphatic carbocycles. The molecule has 4 aromatic rings. The normalized spacial score (nSPS) is 18.5. The zero-order chi connectivity index (χ0) is 21.5. The first-order valence-corrected chi connectivity index (χ1v) is 9.78. The largest absolute Gasteiger partial charge is 0.392 e. The number of halogens is 1. The lowest BCUT2D eigenvalue weighted by atomic mass is 10.1. The molecular weight excluding hydrogens is 403 g/mol. The van der Waals surface area contributed by atoms with Crippen molar-refractivity contribution in [3.63, 3.8) is 0 Å². The van der Waals surface area contributed by atoms with E-state index in [9.17, 15) is 14.3 Å². The van der Waals surface area contributed by atoms with Crippen LogP contribution in [0.5, 0.6) is 0 Å². The summed E-state index contributed by atoms with van der Waals surface area (Å²) in [6.45, 7) is 2.34. The van der Waals surface area contributed by atoms with Gasteiger partial charge in [-0.2, -0.15) is 4.98 Å². The van der Waals surface area contributed by atoms with Gasteiger partial charge in [0.2, 0.25) is 11.7 Å². The van der Waals surface area contributed by atoms with Gasteiger partial charge in [-0.25, -0.2) is 9.37 Å². The Kier molecular flexibility index (Phi) is 4.72. The number of nitrogens with one attached hydrogen (secondary N) is 2. The second kappa shape index (κ2) is 7.56. The number of hydrogen-bond acceptors (Lipinski definition) is 7. The third-order valence-electron chi connectivity index (χ3n) is 5.29. The molecule has 31 heavy (non-hydrogen) atoms. The fourth-order valence-corrected chi connectivity index (χ4v) is 3.60. The van der Waals surface area contributed by atoms with E-state index in [0.29, 0.717) is 41.6 Å². The van der Waals surface area contributed by atoms with Crippen LogP contribution in [0.4, 0.5) is 10.1 Å². The molecule has 4 heterocycles. The van der Waals surface area contributed by atoms with Gasteiger partial charge in [-0.3, -0.25) is 9.20 Å². The minimum absolute atomic E-state index is 0.184. The first kappa shape index (κ1) is 19.3. The van der Waals surface area contributed by atoms with Crippen LogP contribution in [0.3, 0.4) is 0 Å². The third-order valence-corrected chi connectivity index (χ3v) is 5.29. The van der Waals surface area contributed by atoms with Gasteiger partial charge in [-0.1, -0.05) is 17.3 Å². The predicted octanol–water partition coefficient (Wildman–Crippen LogP) is 2.48. The summed E-state index contributed by atoms with van der Waals surface area (Å²) < 4.78 is 20.4. The monoisotopic (exact) mass is 422 g/mol. The molecule has 1 aliphatic rings. The summed E-state index contributed by atoms with van der Waals surface area (Å²) in [7, 11) is 0. The van der Waals surface area contributed by atoms with Crippen LogP contribution < -0.4 is 10.6 Å². The van der Waals surface area contributed by atoms with Gasteiger partial charge in [-0.05, 0) is 37.1 Å². The van der Waals surface area contributed by atoms with Crippen LogP contribution in [-0.4, -0.2) is 43.2 Å². The first-order valence-electron chi connectivity index (χ1n) is 9.78. The molecule has 3 N–H and O–H groups in total. The standard InChI is InChI=1S/C21H19FN6O3/c1-11-2-3-12(19-26-21(31-27-19)16-7-14(29)8-23-16)6-15(11)25-20(30)17-9-24-18-5-4-13(22)10-28(17)18/h2-6,9-10,14,16,23,29H,7-8H2,1H3,(H,25,30)/t14-,16-/m1/s1. The fourth-order valence-electron chi connectivity index (χ4n) is 3.60. The van der Waals surface area contributed by atoms with Gasteiger partial charge in [0.15, 0.2) is 0 Å². The maximum atomic E-state index is 13.6. The number of aromatic nitrogens is 4. The van der Waals surface area contributed by atoms with Crippen LogP contribution in [0.15, 0.2) is 47.2 Å². The van der Waals surface area contributed by atoms with Crippen molar-refractivity contribution in [1.29, 1.82) is 0 Å². The molecule has 10 heteroatoms. The van der Waals surface area contributed by atoms with E-state index in [1.54, 1.807) is 6.07 Å². The molecule has 1 aliphatic heterocycles. The lowest BCUT2D eigenvalue weighted by Crippen LogP contribution is -2.15. The molecular formula is C21H19FN6O3. The number of imidazole rings is 1. The van der Waals surface area contributed by atoms with E-state index < -0.39 is 17.8 Å². The second-order valence-corrected chi connectivity index (χ2v) is 7.51. The number of anilines is 1. The van der Waals surface area contributed by atoms with E-state index in [1.165, 1.54) is 28.9 Å². The van der Waals surface area contributed by atoms with E-state index in [-0.39, 0.29) is 11.7 Å². The van der Waals surface area contributed by atoms with Gasteiger partial charge in [0, 0.05) is 24.0 Å². The Labute approximate surface area is 175 Å². The van der Waals surface area contributed by atoms with E-state index in [1.807, 2.05) is 19.1 Å². The van der Waals surface area contributed by atoms with Crippen LogP contribution >= 0.6 is 0 Å². The number of carbonyl (C=O) groups is 1. The van der Waals surface area contributed by atoms with E-state index in [4.69, 9.17) is 4.52 Å². The molecule has 1 amide bonds. The molecule has 0 saturated carbocycles. The predicted molar refractivity (Wildman–Crippen MR) is 109 cm³/mol. The fraction of sp³-hybridized carbons (Fsp3) is 0.238. The van der Waals surface area contributed by atoms with Crippen molar-refractivity contribution in [1.82, 2.24) is 24.8 Å². The van der Waals surface area contributed by atoms with E-state index in [2.05, 4.69) is 25.8 Å². The van der Waals surface area contributed by atoms with E-state index in [0.717, 1.165) is 5.56 Å². The molecule has 0 spiro atoms. The number of carbonyl (C=O) groups excluding carboxylic acids is 1. The molecule has 0 unspecified atom stereocenters. The summed E-state index contributed by atoms with van der Waals surface area (Å²) in [5.41, 5.74) is 2.75. The number of rotatable bonds is 4. The maximum Gasteiger partial charge on any atom is 0.274 e. The van der Waals surface area contributed by atoms with Gasteiger partial charge in [-0.15, -0.1) is 0 Å². The highest BCUT2D eigenvalue weighted by atomic mass is 19.1. The van der Waals surface area contributed by atoms with E-state index >= 15 is 0 Å². The first-order chi connectivity index (χ1) is 15.0. The van der Waals surface area contributed by atoms with Gasteiger partial charge in [0.05, 0.1) is 18.3 Å². The van der Waals surface area contributed by atoms with Crippen molar-refractivity contribution >= 4 is 17.2 Å².